The molecule has 0 radical (unpaired) electrons. The highest BCUT2D eigenvalue weighted by molar-refractivity contribution is 8.76. The maximum Gasteiger partial charge on any atom is 0.320 e. The van der Waals surface area contributed by atoms with Crippen molar-refractivity contribution in [2.45, 2.75) is 36.8 Å². The van der Waals surface area contributed by atoms with Crippen LogP contribution in [0.4, 0.5) is 0 Å². The Balaban J connectivity index is 2.72. The molecule has 0 aliphatic carbocycles. The summed E-state index contributed by atoms with van der Waals surface area (Å²) >= 11 is 0. The minimum atomic E-state index is -1.27. The van der Waals surface area contributed by atoms with E-state index in [1.165, 1.54) is 26.5 Å². The summed E-state index contributed by atoms with van der Waals surface area (Å²) in [5.41, 5.74) is 0. The summed E-state index contributed by atoms with van der Waals surface area (Å²) in [5.74, 6) is -5.86. The van der Waals surface area contributed by atoms with Crippen LogP contribution in [-0.2, 0) is 28.8 Å². The molecule has 1 amide bonds. The molecule has 6 N–H and O–H groups in total. The van der Waals surface area contributed by atoms with Crippen LogP contribution in [-0.4, -0.2) is 152 Å². The summed E-state index contributed by atoms with van der Waals surface area (Å²) in [5, 5.41) is 50.1. The van der Waals surface area contributed by atoms with Gasteiger partial charge in [0.2, 0.25) is 5.91 Å². The molecule has 0 unspecified atom stereocenters. The van der Waals surface area contributed by atoms with Gasteiger partial charge < -0.3 is 30.8 Å². The number of aromatic nitrogens is 1. The van der Waals surface area contributed by atoms with Crippen molar-refractivity contribution >= 4 is 57.3 Å². The Hall–Kier alpha value is -3.45. The van der Waals surface area contributed by atoms with Crippen LogP contribution in [0.25, 0.3) is 0 Å². The van der Waals surface area contributed by atoms with Crippen LogP contribution in [0, 0.1) is 0 Å². The molecule has 18 heteroatoms. The lowest BCUT2D eigenvalue weighted by Crippen LogP contribution is -2.50. The average molecular weight is 662 g/mol. The number of pyridine rings is 1. The highest BCUT2D eigenvalue weighted by atomic mass is 33.1. The molecular formula is C26H39N5O11S2. The monoisotopic (exact) mass is 661 g/mol. The summed E-state index contributed by atoms with van der Waals surface area (Å²) in [4.78, 5) is 77.0. The molecule has 0 aliphatic rings. The number of nitrogens with zero attached hydrogens (tertiary/aromatic N) is 4. The van der Waals surface area contributed by atoms with Gasteiger partial charge in [-0.25, -0.2) is 4.98 Å². The zero-order chi connectivity index (χ0) is 32.9. The lowest BCUT2D eigenvalue weighted by atomic mass is 10.1. The molecule has 1 atom stereocenters. The molecule has 0 aliphatic heterocycles. The summed E-state index contributed by atoms with van der Waals surface area (Å²) in [6.07, 6.45) is 2.96. The molecule has 1 heterocycles. The van der Waals surface area contributed by atoms with Crippen molar-refractivity contribution < 1.29 is 54.3 Å². The smallest absolute Gasteiger partial charge is 0.320 e. The predicted octanol–water partition coefficient (Wildman–Crippen LogP) is 0.196. The summed E-state index contributed by atoms with van der Waals surface area (Å²) in [6, 6.07) is 4.44. The SMILES string of the molecule is O=C(O)CN(CCN(CCN(CC(=O)O)CC(=O)O)[C@@H](CCCCNC(=O)CCSSc1ccccn1)C(=O)O)CC(=O)O. The Labute approximate surface area is 262 Å². The van der Waals surface area contributed by atoms with Crippen molar-refractivity contribution in [2.75, 3.05) is 64.7 Å². The summed E-state index contributed by atoms with van der Waals surface area (Å²) < 4.78 is 0. The molecule has 0 saturated carbocycles. The first-order valence-electron chi connectivity index (χ1n) is 13.6. The quantitative estimate of drug-likeness (QED) is 0.0574. The second-order valence-electron chi connectivity index (χ2n) is 9.56. The lowest BCUT2D eigenvalue weighted by molar-refractivity contribution is -0.146. The fourth-order valence-electron chi connectivity index (χ4n) is 4.03. The number of carbonyl (C=O) groups excluding carboxylic acids is 1. The summed E-state index contributed by atoms with van der Waals surface area (Å²) in [7, 11) is 2.97. The van der Waals surface area contributed by atoms with Gasteiger partial charge in [0.1, 0.15) is 11.1 Å². The Kier molecular flexibility index (Phi) is 19.4. The molecule has 44 heavy (non-hydrogen) atoms. The third kappa shape index (κ3) is 19.0. The largest absolute Gasteiger partial charge is 0.480 e. The highest BCUT2D eigenvalue weighted by Crippen LogP contribution is 2.29. The third-order valence-corrected chi connectivity index (χ3v) is 8.26. The van der Waals surface area contributed by atoms with Crippen molar-refractivity contribution in [2.24, 2.45) is 0 Å². The zero-order valence-electron chi connectivity index (χ0n) is 24.1. The highest BCUT2D eigenvalue weighted by Gasteiger charge is 2.27. The molecule has 246 valence electrons. The van der Waals surface area contributed by atoms with Crippen LogP contribution in [0.2, 0.25) is 0 Å². The van der Waals surface area contributed by atoms with Crippen LogP contribution in [0.1, 0.15) is 25.7 Å². The second-order valence-corrected chi connectivity index (χ2v) is 12.0. The number of hydrogen-bond donors (Lipinski definition) is 6. The molecule has 1 aromatic heterocycles. The van der Waals surface area contributed by atoms with Gasteiger partial charge >= 0.3 is 29.8 Å². The van der Waals surface area contributed by atoms with E-state index in [0.717, 1.165) is 14.8 Å². The number of aliphatic carboxylic acids is 5. The average Bonchev–Trinajstić information content (AvgIpc) is 2.92. The van der Waals surface area contributed by atoms with Gasteiger partial charge in [-0.2, -0.15) is 0 Å². The minimum absolute atomic E-state index is 0.0730. The van der Waals surface area contributed by atoms with E-state index in [1.54, 1.807) is 6.20 Å². The molecule has 0 bridgehead atoms. The van der Waals surface area contributed by atoms with Crippen LogP contribution in [0.5, 0.6) is 0 Å². The molecule has 0 saturated heterocycles. The Bertz CT molecular complexity index is 1010. The van der Waals surface area contributed by atoms with E-state index < -0.39 is 62.1 Å². The Morgan fingerprint density at radius 2 is 1.32 bits per heavy atom. The van der Waals surface area contributed by atoms with E-state index in [-0.39, 0.29) is 38.5 Å². The van der Waals surface area contributed by atoms with Crippen LogP contribution in [0.15, 0.2) is 29.4 Å². The molecule has 0 spiro atoms. The number of carboxylic acid groups (broad SMARTS) is 5. The number of carboxylic acids is 5. The number of amides is 1. The van der Waals surface area contributed by atoms with Gasteiger partial charge in [-0.05, 0) is 42.2 Å². The maximum absolute atomic E-state index is 12.2. The van der Waals surface area contributed by atoms with Gasteiger partial charge in [0.25, 0.3) is 0 Å². The van der Waals surface area contributed by atoms with Crippen molar-refractivity contribution in [3.8, 4) is 0 Å². The van der Waals surface area contributed by atoms with E-state index in [1.807, 2.05) is 18.2 Å². The number of nitrogens with one attached hydrogen (secondary N) is 1. The minimum Gasteiger partial charge on any atom is -0.480 e. The van der Waals surface area contributed by atoms with Crippen molar-refractivity contribution in [1.82, 2.24) is 25.0 Å². The van der Waals surface area contributed by atoms with Gasteiger partial charge in [-0.1, -0.05) is 16.9 Å². The number of unbranched alkanes of at least 4 members (excludes halogenated alkanes) is 1. The van der Waals surface area contributed by atoms with Crippen molar-refractivity contribution in [3.63, 3.8) is 0 Å². The first kappa shape index (κ1) is 38.6. The van der Waals surface area contributed by atoms with Crippen LogP contribution >= 0.6 is 21.6 Å². The standard InChI is InChI=1S/C26H39N5O11S2/c32-20(7-14-43-44-21-6-2-4-9-28-21)27-8-3-1-5-19(26(41)42)31(12-10-29(15-22(33)34)16-23(35)36)13-11-30(17-24(37)38)18-25(39)40/h2,4,6,9,19H,1,3,5,7-8,10-18H2,(H,27,32)(H,33,34)(H,35,36)(H,37,38)(H,39,40)(H,41,42)/t19-/m0/s1. The Morgan fingerprint density at radius 1 is 0.773 bits per heavy atom. The lowest BCUT2D eigenvalue weighted by Gasteiger charge is -2.32. The predicted molar refractivity (Wildman–Crippen MR) is 160 cm³/mol. The van der Waals surface area contributed by atoms with Crippen molar-refractivity contribution in [3.05, 3.63) is 24.4 Å². The molecule has 0 fully saturated rings. The van der Waals surface area contributed by atoms with Gasteiger partial charge in [0.05, 0.1) is 26.2 Å². The molecular weight excluding hydrogens is 622 g/mol. The topological polar surface area (TPSA) is 238 Å². The van der Waals surface area contributed by atoms with Gasteiger partial charge in [-0.3, -0.25) is 43.5 Å². The maximum atomic E-state index is 12.2. The van der Waals surface area contributed by atoms with Gasteiger partial charge in [0, 0.05) is 51.1 Å². The first-order valence-corrected chi connectivity index (χ1v) is 15.9. The zero-order valence-corrected chi connectivity index (χ0v) is 25.7. The first-order chi connectivity index (χ1) is 20.9. The van der Waals surface area contributed by atoms with E-state index in [0.29, 0.717) is 31.6 Å². The molecule has 1 aromatic rings. The molecule has 0 aromatic carbocycles. The third-order valence-electron chi connectivity index (χ3n) is 5.99. The number of hydrogen-bond acceptors (Lipinski definition) is 12. The van der Waals surface area contributed by atoms with Gasteiger partial charge in [0.15, 0.2) is 0 Å². The Morgan fingerprint density at radius 3 is 1.77 bits per heavy atom. The fourth-order valence-corrected chi connectivity index (χ4v) is 5.90. The fraction of sp³-hybridized carbons (Fsp3) is 0.577. The van der Waals surface area contributed by atoms with E-state index in [2.05, 4.69) is 10.3 Å². The summed E-state index contributed by atoms with van der Waals surface area (Å²) in [6.45, 7) is -2.44. The van der Waals surface area contributed by atoms with E-state index >= 15 is 0 Å². The van der Waals surface area contributed by atoms with E-state index in [9.17, 15) is 33.9 Å². The van der Waals surface area contributed by atoms with Crippen LogP contribution in [0.3, 0.4) is 0 Å². The number of rotatable bonds is 26. The second kappa shape index (κ2) is 22.1. The van der Waals surface area contributed by atoms with E-state index in [4.69, 9.17) is 20.4 Å². The molecule has 1 rings (SSSR count). The van der Waals surface area contributed by atoms with Crippen molar-refractivity contribution in [1.29, 1.82) is 0 Å². The van der Waals surface area contributed by atoms with Gasteiger partial charge in [-0.15, -0.1) is 0 Å². The number of carbonyl (C=O) groups is 6. The van der Waals surface area contributed by atoms with Crippen LogP contribution < -0.4 is 5.32 Å². The molecule has 16 nitrogen and oxygen atoms in total. The normalized spacial score (nSPS) is 11.9.